The van der Waals surface area contributed by atoms with Gasteiger partial charge in [0.15, 0.2) is 0 Å². The van der Waals surface area contributed by atoms with E-state index in [9.17, 15) is 9.90 Å². The van der Waals surface area contributed by atoms with Crippen LogP contribution >= 0.6 is 34.5 Å². The van der Waals surface area contributed by atoms with Crippen LogP contribution in [0.3, 0.4) is 0 Å². The lowest BCUT2D eigenvalue weighted by atomic mass is 10.1. The molecule has 4 nitrogen and oxygen atoms in total. The zero-order valence-electron chi connectivity index (χ0n) is 13.9. The Morgan fingerprint density at radius 3 is 2.81 bits per heavy atom. The molecule has 0 spiro atoms. The normalized spacial score (nSPS) is 11.7. The molecule has 0 saturated heterocycles. The molecule has 0 aliphatic rings. The lowest BCUT2D eigenvalue weighted by Gasteiger charge is -2.11. The number of carbonyl (C=O) groups is 1. The molecule has 26 heavy (non-hydrogen) atoms. The molecule has 134 valence electrons. The van der Waals surface area contributed by atoms with Crippen LogP contribution in [0.15, 0.2) is 47.5 Å². The van der Waals surface area contributed by atoms with Gasteiger partial charge in [-0.05, 0) is 42.1 Å². The lowest BCUT2D eigenvalue weighted by molar-refractivity contribution is -0.132. The fraction of sp³-hybridized carbons (Fsp3) is 0.158. The van der Waals surface area contributed by atoms with Gasteiger partial charge in [-0.25, -0.2) is 9.78 Å². The van der Waals surface area contributed by atoms with Gasteiger partial charge < -0.3 is 9.67 Å². The molecule has 1 N–H and O–H groups in total. The average Bonchev–Trinajstić information content (AvgIpc) is 3.21. The number of aryl methyl sites for hydroxylation is 1. The summed E-state index contributed by atoms with van der Waals surface area (Å²) in [5.41, 5.74) is 1.93. The Balaban J connectivity index is 1.94. The fourth-order valence-electron chi connectivity index (χ4n) is 2.59. The molecule has 0 aliphatic carbocycles. The lowest BCUT2D eigenvalue weighted by Crippen LogP contribution is -2.07. The minimum atomic E-state index is -0.937. The first kappa shape index (κ1) is 18.7. The van der Waals surface area contributed by atoms with E-state index in [-0.39, 0.29) is 0 Å². The Bertz CT molecular complexity index is 962. The van der Waals surface area contributed by atoms with Crippen molar-refractivity contribution in [3.8, 4) is 0 Å². The largest absolute Gasteiger partial charge is 0.478 e. The van der Waals surface area contributed by atoms with Gasteiger partial charge in [0.05, 0.1) is 18.4 Å². The molecule has 0 atom stereocenters. The van der Waals surface area contributed by atoms with Crippen LogP contribution in [0.2, 0.25) is 10.0 Å². The van der Waals surface area contributed by atoms with Gasteiger partial charge in [-0.1, -0.05) is 35.3 Å². The van der Waals surface area contributed by atoms with E-state index in [2.05, 4.69) is 4.98 Å². The summed E-state index contributed by atoms with van der Waals surface area (Å²) in [6, 6.07) is 9.18. The second-order valence-electron chi connectivity index (χ2n) is 5.78. The monoisotopic (exact) mass is 406 g/mol. The predicted octanol–water partition coefficient (Wildman–Crippen LogP) is 5.32. The third-order valence-corrected chi connectivity index (χ3v) is 5.43. The molecular weight excluding hydrogens is 391 g/mol. The standard InChI is InChI=1S/C19H16Cl2N2O2S/c1-12-22-10-16(7-14(19(24)25)8-17-3-2-6-26-17)23(12)11-13-4-5-15(20)9-18(13)21/h2-7,9-10H,8,11H2,1H3,(H,24,25)/b14-7+. The van der Waals surface area contributed by atoms with Gasteiger partial charge in [0.25, 0.3) is 0 Å². The minimum absolute atomic E-state index is 0.316. The molecule has 0 fully saturated rings. The van der Waals surface area contributed by atoms with Crippen LogP contribution in [0.5, 0.6) is 0 Å². The summed E-state index contributed by atoms with van der Waals surface area (Å²) >= 11 is 13.8. The SMILES string of the molecule is Cc1ncc(/C=C(\Cc2cccs2)C(=O)O)n1Cc1ccc(Cl)cc1Cl. The summed E-state index contributed by atoms with van der Waals surface area (Å²) in [7, 11) is 0. The highest BCUT2D eigenvalue weighted by atomic mass is 35.5. The number of aromatic nitrogens is 2. The minimum Gasteiger partial charge on any atom is -0.478 e. The van der Waals surface area contributed by atoms with Crippen molar-refractivity contribution in [2.45, 2.75) is 19.9 Å². The number of nitrogens with zero attached hydrogens (tertiary/aromatic N) is 2. The smallest absolute Gasteiger partial charge is 0.332 e. The zero-order chi connectivity index (χ0) is 18.7. The summed E-state index contributed by atoms with van der Waals surface area (Å²) in [6.07, 6.45) is 3.72. The maximum atomic E-state index is 11.7. The molecule has 0 saturated carbocycles. The molecule has 0 aliphatic heterocycles. The molecule has 0 unspecified atom stereocenters. The number of hydrogen-bond acceptors (Lipinski definition) is 3. The first-order valence-corrected chi connectivity index (χ1v) is 9.50. The van der Waals surface area contributed by atoms with Gasteiger partial charge in [0.1, 0.15) is 5.82 Å². The number of aliphatic carboxylic acids is 1. The quantitative estimate of drug-likeness (QED) is 0.563. The van der Waals surface area contributed by atoms with Crippen LogP contribution in [0.4, 0.5) is 0 Å². The van der Waals surface area contributed by atoms with Crippen molar-refractivity contribution in [3.63, 3.8) is 0 Å². The fourth-order valence-corrected chi connectivity index (χ4v) is 3.79. The van der Waals surface area contributed by atoms with E-state index in [1.807, 2.05) is 35.1 Å². The van der Waals surface area contributed by atoms with Crippen molar-refractivity contribution in [1.82, 2.24) is 9.55 Å². The predicted molar refractivity (Wildman–Crippen MR) is 106 cm³/mol. The van der Waals surface area contributed by atoms with E-state index in [0.717, 1.165) is 22.0 Å². The van der Waals surface area contributed by atoms with Gasteiger partial charge in [0.2, 0.25) is 0 Å². The average molecular weight is 407 g/mol. The molecule has 0 amide bonds. The second-order valence-corrected chi connectivity index (χ2v) is 7.66. The summed E-state index contributed by atoms with van der Waals surface area (Å²) in [5, 5.41) is 12.6. The third kappa shape index (κ3) is 4.36. The van der Waals surface area contributed by atoms with Gasteiger partial charge in [-0.3, -0.25) is 0 Å². The van der Waals surface area contributed by atoms with Crippen LogP contribution in [-0.2, 0) is 17.8 Å². The van der Waals surface area contributed by atoms with Gasteiger partial charge in [0, 0.05) is 26.9 Å². The number of carboxylic acid groups (broad SMARTS) is 1. The number of carboxylic acids is 1. The molecule has 0 radical (unpaired) electrons. The molecule has 7 heteroatoms. The van der Waals surface area contributed by atoms with Gasteiger partial charge in [-0.15, -0.1) is 11.3 Å². The van der Waals surface area contributed by atoms with Crippen LogP contribution in [0.1, 0.15) is 22.0 Å². The van der Waals surface area contributed by atoms with E-state index >= 15 is 0 Å². The van der Waals surface area contributed by atoms with Crippen molar-refractivity contribution < 1.29 is 9.90 Å². The van der Waals surface area contributed by atoms with Crippen molar-refractivity contribution in [2.75, 3.05) is 0 Å². The summed E-state index contributed by atoms with van der Waals surface area (Å²) in [6.45, 7) is 2.36. The van der Waals surface area contributed by atoms with Crippen molar-refractivity contribution >= 4 is 46.6 Å². The van der Waals surface area contributed by atoms with Crippen LogP contribution in [0, 0.1) is 6.92 Å². The Morgan fingerprint density at radius 1 is 1.35 bits per heavy atom. The van der Waals surface area contributed by atoms with Crippen molar-refractivity contribution in [2.24, 2.45) is 0 Å². The number of halogens is 2. The molecule has 3 rings (SSSR count). The highest BCUT2D eigenvalue weighted by Crippen LogP contribution is 2.24. The molecule has 2 heterocycles. The zero-order valence-corrected chi connectivity index (χ0v) is 16.3. The number of benzene rings is 1. The Kier molecular flexibility index (Phi) is 5.81. The van der Waals surface area contributed by atoms with E-state index in [0.29, 0.717) is 28.6 Å². The highest BCUT2D eigenvalue weighted by Gasteiger charge is 2.13. The molecule has 2 aromatic heterocycles. The van der Waals surface area contributed by atoms with E-state index in [1.54, 1.807) is 24.4 Å². The first-order chi connectivity index (χ1) is 12.4. The maximum absolute atomic E-state index is 11.7. The van der Waals surface area contributed by atoms with E-state index < -0.39 is 5.97 Å². The maximum Gasteiger partial charge on any atom is 0.332 e. The van der Waals surface area contributed by atoms with Crippen LogP contribution < -0.4 is 0 Å². The van der Waals surface area contributed by atoms with Crippen LogP contribution in [0.25, 0.3) is 6.08 Å². The molecule has 3 aromatic rings. The summed E-state index contributed by atoms with van der Waals surface area (Å²) < 4.78 is 1.94. The third-order valence-electron chi connectivity index (χ3n) is 3.97. The van der Waals surface area contributed by atoms with Crippen molar-refractivity contribution in [3.05, 3.63) is 79.5 Å². The van der Waals surface area contributed by atoms with Crippen LogP contribution in [-0.4, -0.2) is 20.6 Å². The number of thiophene rings is 1. The molecule has 0 bridgehead atoms. The Labute approximate surface area is 165 Å². The van der Waals surface area contributed by atoms with Crippen molar-refractivity contribution in [1.29, 1.82) is 0 Å². The highest BCUT2D eigenvalue weighted by molar-refractivity contribution is 7.09. The number of hydrogen-bond donors (Lipinski definition) is 1. The summed E-state index contributed by atoms with van der Waals surface area (Å²) in [4.78, 5) is 17.0. The van der Waals surface area contributed by atoms with E-state index in [1.165, 1.54) is 11.3 Å². The molecular formula is C19H16Cl2N2O2S. The Hall–Kier alpha value is -2.08. The summed E-state index contributed by atoms with van der Waals surface area (Å²) in [5.74, 6) is -0.156. The molecule has 1 aromatic carbocycles. The number of imidazole rings is 1. The second kappa shape index (κ2) is 8.08. The topological polar surface area (TPSA) is 55.1 Å². The number of rotatable bonds is 6. The Morgan fingerprint density at radius 2 is 2.15 bits per heavy atom. The first-order valence-electron chi connectivity index (χ1n) is 7.86. The van der Waals surface area contributed by atoms with E-state index in [4.69, 9.17) is 23.2 Å². The van der Waals surface area contributed by atoms with Gasteiger partial charge in [-0.2, -0.15) is 0 Å². The van der Waals surface area contributed by atoms with Gasteiger partial charge >= 0.3 is 5.97 Å².